The number of amides is 1. The summed E-state index contributed by atoms with van der Waals surface area (Å²) in [7, 11) is 0. The molecule has 2 N–H and O–H groups in total. The topological polar surface area (TPSA) is 64.8 Å². The summed E-state index contributed by atoms with van der Waals surface area (Å²) in [5, 5.41) is 0. The molecule has 0 aliphatic carbocycles. The van der Waals surface area contributed by atoms with Crippen molar-refractivity contribution in [2.45, 2.75) is 26.4 Å². The van der Waals surface area contributed by atoms with Crippen LogP contribution in [0.15, 0.2) is 18.2 Å². The van der Waals surface area contributed by atoms with Crippen LogP contribution < -0.4 is 15.4 Å². The summed E-state index contributed by atoms with van der Waals surface area (Å²) in [5.74, 6) is 0.654. The number of fused-ring (bicyclic) bond motifs is 1. The number of hydrogen-bond acceptors (Lipinski definition) is 4. The van der Waals surface area contributed by atoms with E-state index < -0.39 is 5.60 Å². The van der Waals surface area contributed by atoms with Gasteiger partial charge in [0.2, 0.25) is 0 Å². The molecule has 1 amide bonds. The average Bonchev–Trinajstić information content (AvgIpc) is 2.25. The number of nitrogen functional groups attached to an aromatic ring is 1. The first-order chi connectivity index (χ1) is 8.37. The highest BCUT2D eigenvalue weighted by Crippen LogP contribution is 2.34. The summed E-state index contributed by atoms with van der Waals surface area (Å²) in [5.41, 5.74) is 6.47. The van der Waals surface area contributed by atoms with Gasteiger partial charge in [-0.25, -0.2) is 4.79 Å². The van der Waals surface area contributed by atoms with E-state index in [1.54, 1.807) is 23.1 Å². The first kappa shape index (κ1) is 12.5. The first-order valence-electron chi connectivity index (χ1n) is 5.90. The number of ether oxygens (including phenoxy) is 2. The number of nitrogens with two attached hydrogens (primary N) is 1. The molecule has 0 aromatic heterocycles. The van der Waals surface area contributed by atoms with Crippen LogP contribution >= 0.6 is 0 Å². The second-order valence-electron chi connectivity index (χ2n) is 5.21. The third-order valence-electron chi connectivity index (χ3n) is 2.46. The Hall–Kier alpha value is -1.91. The molecule has 1 aromatic carbocycles. The van der Waals surface area contributed by atoms with Crippen molar-refractivity contribution in [1.82, 2.24) is 0 Å². The summed E-state index contributed by atoms with van der Waals surface area (Å²) >= 11 is 0. The molecule has 0 radical (unpaired) electrons. The van der Waals surface area contributed by atoms with Gasteiger partial charge in [-0.05, 0) is 39.0 Å². The summed E-state index contributed by atoms with van der Waals surface area (Å²) in [6.07, 6.45) is -0.377. The van der Waals surface area contributed by atoms with E-state index in [0.717, 1.165) is 0 Å². The zero-order chi connectivity index (χ0) is 13.3. The maximum Gasteiger partial charge on any atom is 0.415 e. The second kappa shape index (κ2) is 4.40. The third kappa shape index (κ3) is 2.67. The lowest BCUT2D eigenvalue weighted by Crippen LogP contribution is -2.41. The van der Waals surface area contributed by atoms with Gasteiger partial charge in [0.1, 0.15) is 18.0 Å². The summed E-state index contributed by atoms with van der Waals surface area (Å²) < 4.78 is 10.8. The van der Waals surface area contributed by atoms with E-state index in [4.69, 9.17) is 15.2 Å². The Morgan fingerprint density at radius 3 is 2.83 bits per heavy atom. The number of rotatable bonds is 0. The molecule has 1 aliphatic heterocycles. The molecule has 1 aromatic rings. The van der Waals surface area contributed by atoms with Crippen molar-refractivity contribution in [3.63, 3.8) is 0 Å². The smallest absolute Gasteiger partial charge is 0.415 e. The minimum absolute atomic E-state index is 0.377. The molecule has 0 saturated carbocycles. The molecule has 0 bridgehead atoms. The van der Waals surface area contributed by atoms with Crippen LogP contribution in [0.5, 0.6) is 5.75 Å². The van der Waals surface area contributed by atoms with Gasteiger partial charge >= 0.3 is 6.09 Å². The van der Waals surface area contributed by atoms with Crippen LogP contribution in [0.1, 0.15) is 20.8 Å². The zero-order valence-electron chi connectivity index (χ0n) is 10.9. The minimum atomic E-state index is -0.518. The molecule has 0 spiro atoms. The highest BCUT2D eigenvalue weighted by Gasteiger charge is 2.28. The Bertz CT molecular complexity index is 466. The third-order valence-corrected chi connectivity index (χ3v) is 2.46. The quantitative estimate of drug-likeness (QED) is 0.718. The number of carbonyl (C=O) groups excluding carboxylic acids is 1. The van der Waals surface area contributed by atoms with Gasteiger partial charge in [0.05, 0.1) is 12.2 Å². The van der Waals surface area contributed by atoms with Crippen molar-refractivity contribution in [2.24, 2.45) is 0 Å². The lowest BCUT2D eigenvalue weighted by molar-refractivity contribution is 0.0568. The highest BCUT2D eigenvalue weighted by atomic mass is 16.6. The van der Waals surface area contributed by atoms with Crippen LogP contribution in [0, 0.1) is 0 Å². The SMILES string of the molecule is CC(C)(C)OC(=O)N1CCOc2ccc(N)cc21. The normalized spacial score (nSPS) is 14.7. The lowest BCUT2D eigenvalue weighted by Gasteiger charge is -2.31. The molecule has 0 unspecified atom stereocenters. The molecule has 1 aliphatic rings. The lowest BCUT2D eigenvalue weighted by atomic mass is 10.2. The highest BCUT2D eigenvalue weighted by molar-refractivity contribution is 5.91. The predicted octanol–water partition coefficient (Wildman–Crippen LogP) is 2.40. The number of hydrogen-bond donors (Lipinski definition) is 1. The van der Waals surface area contributed by atoms with E-state index in [0.29, 0.717) is 30.3 Å². The fourth-order valence-corrected chi connectivity index (χ4v) is 1.74. The van der Waals surface area contributed by atoms with Gasteiger partial charge in [0.15, 0.2) is 0 Å². The number of anilines is 2. The largest absolute Gasteiger partial charge is 0.490 e. The molecule has 0 fully saturated rings. The van der Waals surface area contributed by atoms with E-state index in [1.165, 1.54) is 0 Å². The van der Waals surface area contributed by atoms with Crippen LogP contribution in [0.3, 0.4) is 0 Å². The van der Waals surface area contributed by atoms with Crippen LogP contribution in [0.4, 0.5) is 16.2 Å². The molecule has 5 heteroatoms. The van der Waals surface area contributed by atoms with Gasteiger partial charge < -0.3 is 15.2 Å². The zero-order valence-corrected chi connectivity index (χ0v) is 10.9. The summed E-state index contributed by atoms with van der Waals surface area (Å²) in [4.78, 5) is 13.7. The van der Waals surface area contributed by atoms with Gasteiger partial charge in [-0.2, -0.15) is 0 Å². The fraction of sp³-hybridized carbons (Fsp3) is 0.462. The van der Waals surface area contributed by atoms with E-state index in [1.807, 2.05) is 20.8 Å². The molecule has 5 nitrogen and oxygen atoms in total. The Morgan fingerprint density at radius 1 is 1.44 bits per heavy atom. The monoisotopic (exact) mass is 250 g/mol. The maximum atomic E-state index is 12.1. The molecule has 2 rings (SSSR count). The van der Waals surface area contributed by atoms with Crippen molar-refractivity contribution in [2.75, 3.05) is 23.8 Å². The fourth-order valence-electron chi connectivity index (χ4n) is 1.74. The second-order valence-corrected chi connectivity index (χ2v) is 5.21. The molecule has 98 valence electrons. The van der Waals surface area contributed by atoms with Gasteiger partial charge in [0, 0.05) is 5.69 Å². The van der Waals surface area contributed by atoms with Crippen molar-refractivity contribution >= 4 is 17.5 Å². The predicted molar refractivity (Wildman–Crippen MR) is 69.9 cm³/mol. The summed E-state index contributed by atoms with van der Waals surface area (Å²) in [6.45, 7) is 6.43. The van der Waals surface area contributed by atoms with Gasteiger partial charge in [-0.3, -0.25) is 4.90 Å². The van der Waals surface area contributed by atoms with Crippen LogP contribution in [-0.4, -0.2) is 24.8 Å². The van der Waals surface area contributed by atoms with Gasteiger partial charge in [-0.15, -0.1) is 0 Å². The van der Waals surface area contributed by atoms with Crippen LogP contribution in [0.2, 0.25) is 0 Å². The van der Waals surface area contributed by atoms with E-state index in [-0.39, 0.29) is 6.09 Å². The van der Waals surface area contributed by atoms with Crippen LogP contribution in [0.25, 0.3) is 0 Å². The Kier molecular flexibility index (Phi) is 3.07. The number of carbonyl (C=O) groups is 1. The standard InChI is InChI=1S/C13H18N2O3/c1-13(2,3)18-12(16)15-6-7-17-11-5-4-9(14)8-10(11)15/h4-5,8H,6-7,14H2,1-3H3. The molecule has 0 atom stereocenters. The minimum Gasteiger partial charge on any atom is -0.490 e. The first-order valence-corrected chi connectivity index (χ1v) is 5.90. The molecule has 1 heterocycles. The van der Waals surface area contributed by atoms with Crippen molar-refractivity contribution < 1.29 is 14.3 Å². The van der Waals surface area contributed by atoms with Crippen molar-refractivity contribution in [1.29, 1.82) is 0 Å². The molecular weight excluding hydrogens is 232 g/mol. The number of benzene rings is 1. The molecule has 0 saturated heterocycles. The van der Waals surface area contributed by atoms with E-state index in [2.05, 4.69) is 0 Å². The maximum absolute atomic E-state index is 12.1. The van der Waals surface area contributed by atoms with Crippen molar-refractivity contribution in [3.8, 4) is 5.75 Å². The molecular formula is C13H18N2O3. The van der Waals surface area contributed by atoms with E-state index in [9.17, 15) is 4.79 Å². The summed E-state index contributed by atoms with van der Waals surface area (Å²) in [6, 6.07) is 5.23. The Labute approximate surface area is 106 Å². The van der Waals surface area contributed by atoms with E-state index >= 15 is 0 Å². The Morgan fingerprint density at radius 2 is 2.17 bits per heavy atom. The Balaban J connectivity index is 2.27. The van der Waals surface area contributed by atoms with Gasteiger partial charge in [0.25, 0.3) is 0 Å². The average molecular weight is 250 g/mol. The van der Waals surface area contributed by atoms with Crippen molar-refractivity contribution in [3.05, 3.63) is 18.2 Å². The van der Waals surface area contributed by atoms with Gasteiger partial charge in [-0.1, -0.05) is 0 Å². The number of nitrogens with zero attached hydrogens (tertiary/aromatic N) is 1. The van der Waals surface area contributed by atoms with Crippen LogP contribution in [-0.2, 0) is 4.74 Å². The molecule has 18 heavy (non-hydrogen) atoms.